The average molecular weight is 417 g/mol. The first-order valence-corrected chi connectivity index (χ1v) is 9.37. The molecule has 6 nitrogen and oxygen atoms in total. The Morgan fingerprint density at radius 3 is 2.63 bits per heavy atom. The van der Waals surface area contributed by atoms with E-state index in [1.54, 1.807) is 18.5 Å². The fourth-order valence-corrected chi connectivity index (χ4v) is 3.45. The third kappa shape index (κ3) is 4.61. The number of nitrogens with one attached hydrogen (secondary N) is 1. The second-order valence-corrected chi connectivity index (χ2v) is 7.02. The Morgan fingerprint density at radius 2 is 1.97 bits per heavy atom. The zero-order chi connectivity index (χ0) is 21.1. The molecule has 156 valence electrons. The second-order valence-electron chi connectivity index (χ2n) is 7.02. The molecule has 1 fully saturated rings. The van der Waals surface area contributed by atoms with Crippen LogP contribution in [0.2, 0.25) is 0 Å². The highest BCUT2D eigenvalue weighted by atomic mass is 19.4. The summed E-state index contributed by atoms with van der Waals surface area (Å²) in [4.78, 5) is 15.2. The van der Waals surface area contributed by atoms with Crippen LogP contribution in [0.25, 0.3) is 11.3 Å². The minimum Gasteiger partial charge on any atom is -0.459 e. The Kier molecular flexibility index (Phi) is 5.43. The number of carbonyl (C=O) groups excluding carboxylic acids is 1. The number of alkyl halides is 3. The number of rotatable bonds is 8. The maximum Gasteiger partial charge on any atom is 0.573 e. The van der Waals surface area contributed by atoms with Gasteiger partial charge in [0, 0.05) is 41.6 Å². The van der Waals surface area contributed by atoms with Crippen LogP contribution in [0, 0.1) is 0 Å². The van der Waals surface area contributed by atoms with Crippen molar-refractivity contribution in [2.45, 2.75) is 37.6 Å². The van der Waals surface area contributed by atoms with Crippen molar-refractivity contribution >= 4 is 6.47 Å². The monoisotopic (exact) mass is 417 g/mol. The maximum absolute atomic E-state index is 12.6. The summed E-state index contributed by atoms with van der Waals surface area (Å²) in [5, 5.41) is 7.54. The van der Waals surface area contributed by atoms with Gasteiger partial charge in [0.25, 0.3) is 6.47 Å². The van der Waals surface area contributed by atoms with Crippen LogP contribution in [-0.2, 0) is 16.0 Å². The number of pyridine rings is 1. The van der Waals surface area contributed by atoms with Crippen LogP contribution in [0.1, 0.15) is 41.7 Å². The smallest absolute Gasteiger partial charge is 0.459 e. The zero-order valence-electron chi connectivity index (χ0n) is 15.7. The van der Waals surface area contributed by atoms with Gasteiger partial charge < -0.3 is 9.47 Å². The van der Waals surface area contributed by atoms with E-state index in [0.717, 1.165) is 29.7 Å². The molecule has 30 heavy (non-hydrogen) atoms. The van der Waals surface area contributed by atoms with Crippen LogP contribution in [0.5, 0.6) is 5.75 Å². The van der Waals surface area contributed by atoms with Crippen molar-refractivity contribution in [3.63, 3.8) is 0 Å². The number of H-pyrrole nitrogens is 1. The summed E-state index contributed by atoms with van der Waals surface area (Å²) in [7, 11) is 0. The van der Waals surface area contributed by atoms with E-state index in [0.29, 0.717) is 23.6 Å². The molecule has 1 saturated carbocycles. The van der Waals surface area contributed by atoms with E-state index in [1.807, 2.05) is 12.1 Å². The summed E-state index contributed by atoms with van der Waals surface area (Å²) in [6.07, 6.45) is 0.0173. The molecule has 0 saturated heterocycles. The van der Waals surface area contributed by atoms with Crippen LogP contribution >= 0.6 is 0 Å². The molecule has 3 aromatic rings. The highest BCUT2D eigenvalue weighted by molar-refractivity contribution is 5.64. The van der Waals surface area contributed by atoms with E-state index in [4.69, 9.17) is 4.74 Å². The van der Waals surface area contributed by atoms with Gasteiger partial charge in [-0.3, -0.25) is 14.9 Å². The number of ether oxygens (including phenoxy) is 2. The largest absolute Gasteiger partial charge is 0.573 e. The molecule has 9 heteroatoms. The van der Waals surface area contributed by atoms with Gasteiger partial charge in [0.15, 0.2) is 0 Å². The highest BCUT2D eigenvalue weighted by Crippen LogP contribution is 2.44. The van der Waals surface area contributed by atoms with E-state index in [9.17, 15) is 18.0 Å². The molecule has 0 spiro atoms. The lowest BCUT2D eigenvalue weighted by atomic mass is 9.96. The fraction of sp³-hybridized carbons (Fsp3) is 0.286. The number of aromatic amines is 1. The van der Waals surface area contributed by atoms with E-state index in [-0.39, 0.29) is 12.2 Å². The van der Waals surface area contributed by atoms with E-state index < -0.39 is 12.5 Å². The van der Waals surface area contributed by atoms with Crippen LogP contribution in [0.15, 0.2) is 48.8 Å². The molecule has 0 bridgehead atoms. The van der Waals surface area contributed by atoms with Crippen LogP contribution in [-0.4, -0.2) is 28.0 Å². The Morgan fingerprint density at radius 1 is 1.20 bits per heavy atom. The van der Waals surface area contributed by atoms with Gasteiger partial charge in [0.1, 0.15) is 11.9 Å². The van der Waals surface area contributed by atoms with Crippen molar-refractivity contribution in [3.8, 4) is 17.0 Å². The normalized spacial score (nSPS) is 14.9. The third-order valence-corrected chi connectivity index (χ3v) is 4.91. The summed E-state index contributed by atoms with van der Waals surface area (Å²) in [6, 6.07) is 9.10. The van der Waals surface area contributed by atoms with Crippen molar-refractivity contribution in [1.29, 1.82) is 0 Å². The first kappa shape index (κ1) is 19.9. The highest BCUT2D eigenvalue weighted by Gasteiger charge is 2.33. The van der Waals surface area contributed by atoms with Crippen LogP contribution in [0.4, 0.5) is 13.2 Å². The average Bonchev–Trinajstić information content (AvgIpc) is 3.47. The van der Waals surface area contributed by atoms with E-state index in [1.165, 1.54) is 18.2 Å². The van der Waals surface area contributed by atoms with Gasteiger partial charge >= 0.3 is 6.36 Å². The maximum atomic E-state index is 12.6. The zero-order valence-corrected chi connectivity index (χ0v) is 15.7. The Labute approximate surface area is 170 Å². The molecule has 4 rings (SSSR count). The van der Waals surface area contributed by atoms with Gasteiger partial charge in [-0.15, -0.1) is 13.2 Å². The lowest BCUT2D eigenvalue weighted by Crippen LogP contribution is -2.17. The predicted molar refractivity (Wildman–Crippen MR) is 101 cm³/mol. The quantitative estimate of drug-likeness (QED) is 0.538. The first-order valence-electron chi connectivity index (χ1n) is 9.37. The summed E-state index contributed by atoms with van der Waals surface area (Å²) >= 11 is 0. The number of hydrogen-bond acceptors (Lipinski definition) is 5. The molecule has 2 heterocycles. The molecule has 2 aromatic heterocycles. The molecular weight excluding hydrogens is 399 g/mol. The van der Waals surface area contributed by atoms with E-state index in [2.05, 4.69) is 19.9 Å². The van der Waals surface area contributed by atoms with Crippen molar-refractivity contribution in [2.24, 2.45) is 0 Å². The number of nitrogens with zero attached hydrogens (tertiary/aromatic N) is 2. The van der Waals surface area contributed by atoms with Gasteiger partial charge in [-0.2, -0.15) is 5.10 Å². The summed E-state index contributed by atoms with van der Waals surface area (Å²) in [6.45, 7) is 0.297. The second kappa shape index (κ2) is 8.17. The SMILES string of the molecule is O=COC(Cc1c(-c2ccncc2)n[nH]c1C1CC1)c1cccc(OC(F)(F)F)c1. The van der Waals surface area contributed by atoms with Crippen LogP contribution in [0.3, 0.4) is 0 Å². The minimum atomic E-state index is -4.81. The van der Waals surface area contributed by atoms with Gasteiger partial charge in [-0.05, 0) is 42.7 Å². The fourth-order valence-electron chi connectivity index (χ4n) is 3.45. The number of carbonyl (C=O) groups is 1. The van der Waals surface area contributed by atoms with Gasteiger partial charge in [-0.1, -0.05) is 12.1 Å². The lowest BCUT2D eigenvalue weighted by molar-refractivity contribution is -0.274. The Bertz CT molecular complexity index is 1020. The molecule has 0 aliphatic heterocycles. The molecule has 1 aromatic carbocycles. The summed E-state index contributed by atoms with van der Waals surface area (Å²) < 4.78 is 47.0. The lowest BCUT2D eigenvalue weighted by Gasteiger charge is -2.18. The number of benzene rings is 1. The van der Waals surface area contributed by atoms with Crippen molar-refractivity contribution in [3.05, 3.63) is 65.6 Å². The Balaban J connectivity index is 1.68. The van der Waals surface area contributed by atoms with Crippen molar-refractivity contribution < 1.29 is 27.4 Å². The number of hydrogen-bond donors (Lipinski definition) is 1. The summed E-state index contributed by atoms with van der Waals surface area (Å²) in [5.41, 5.74) is 3.79. The predicted octanol–water partition coefficient (Wildman–Crippen LogP) is 4.70. The van der Waals surface area contributed by atoms with Gasteiger partial charge in [0.2, 0.25) is 0 Å². The third-order valence-electron chi connectivity index (χ3n) is 4.91. The Hall–Kier alpha value is -3.36. The first-order chi connectivity index (χ1) is 14.4. The number of aromatic nitrogens is 3. The van der Waals surface area contributed by atoms with Crippen molar-refractivity contribution in [1.82, 2.24) is 15.2 Å². The van der Waals surface area contributed by atoms with E-state index >= 15 is 0 Å². The van der Waals surface area contributed by atoms with Crippen LogP contribution < -0.4 is 4.74 Å². The molecular formula is C21H18F3N3O3. The summed E-state index contributed by atoms with van der Waals surface area (Å²) in [5.74, 6) is -0.0247. The number of halogens is 3. The van der Waals surface area contributed by atoms with Crippen molar-refractivity contribution in [2.75, 3.05) is 0 Å². The topological polar surface area (TPSA) is 77.1 Å². The van der Waals surface area contributed by atoms with Gasteiger partial charge in [-0.25, -0.2) is 0 Å². The standard InChI is InChI=1S/C21H18F3N3O3/c22-21(23,24)30-16-3-1-2-15(10-16)18(29-12-28)11-17-19(13-4-5-13)26-27-20(17)14-6-8-25-9-7-14/h1-3,6-10,12-13,18H,4-5,11H2,(H,26,27). The minimum absolute atomic E-state index is 0.258. The van der Waals surface area contributed by atoms with Gasteiger partial charge in [0.05, 0.1) is 5.69 Å². The molecule has 0 amide bonds. The molecule has 1 atom stereocenters. The molecule has 1 unspecified atom stereocenters. The molecule has 0 radical (unpaired) electrons. The molecule has 1 N–H and O–H groups in total. The molecule has 1 aliphatic rings. The molecule has 1 aliphatic carbocycles.